The molecule has 4 heteroatoms. The number of carbonyl (C=O) groups excluding carboxylic acids is 1. The highest BCUT2D eigenvalue weighted by atomic mass is 16.6. The number of hydrogen-bond donors (Lipinski definition) is 2. The van der Waals surface area contributed by atoms with Crippen molar-refractivity contribution < 1.29 is 14.6 Å². The first kappa shape index (κ1) is 21.2. The molecule has 0 saturated carbocycles. The summed E-state index contributed by atoms with van der Waals surface area (Å²) in [6, 6.07) is 0. The Morgan fingerprint density at radius 3 is 2.09 bits per heavy atom. The van der Waals surface area contributed by atoms with Crippen LogP contribution in [0.3, 0.4) is 0 Å². The van der Waals surface area contributed by atoms with Gasteiger partial charge in [0.25, 0.3) is 0 Å². The van der Waals surface area contributed by atoms with Gasteiger partial charge in [-0.25, -0.2) is 4.79 Å². The van der Waals surface area contributed by atoms with Crippen LogP contribution in [0, 0.1) is 5.92 Å². The summed E-state index contributed by atoms with van der Waals surface area (Å²) in [6.07, 6.45) is 10.8. The second-order valence-electron chi connectivity index (χ2n) is 7.19. The lowest BCUT2D eigenvalue weighted by Crippen LogP contribution is -2.36. The summed E-state index contributed by atoms with van der Waals surface area (Å²) in [6.45, 7) is 8.37. The van der Waals surface area contributed by atoms with E-state index in [2.05, 4.69) is 12.2 Å². The van der Waals surface area contributed by atoms with Gasteiger partial charge in [0.15, 0.2) is 0 Å². The molecule has 0 rings (SSSR count). The third kappa shape index (κ3) is 14.2. The highest BCUT2D eigenvalue weighted by Gasteiger charge is 2.17. The van der Waals surface area contributed by atoms with Crippen LogP contribution in [-0.4, -0.2) is 30.0 Å². The number of amides is 1. The monoisotopic (exact) mass is 315 g/mol. The number of nitrogens with one attached hydrogen (secondary N) is 1. The third-order valence-electron chi connectivity index (χ3n) is 3.66. The first-order valence-corrected chi connectivity index (χ1v) is 8.96. The van der Waals surface area contributed by atoms with Crippen LogP contribution in [0.2, 0.25) is 0 Å². The average molecular weight is 315 g/mol. The van der Waals surface area contributed by atoms with Crippen molar-refractivity contribution >= 4 is 6.09 Å². The number of carbonyl (C=O) groups is 1. The molecule has 0 spiro atoms. The molecule has 0 heterocycles. The highest BCUT2D eigenvalue weighted by Crippen LogP contribution is 2.13. The van der Waals surface area contributed by atoms with Crippen LogP contribution in [0.1, 0.15) is 85.5 Å². The average Bonchev–Trinajstić information content (AvgIpc) is 2.43. The Morgan fingerprint density at radius 2 is 1.59 bits per heavy atom. The fraction of sp³-hybridized carbons (Fsp3) is 0.944. The van der Waals surface area contributed by atoms with E-state index in [0.717, 1.165) is 12.8 Å². The predicted molar refractivity (Wildman–Crippen MR) is 92.0 cm³/mol. The molecule has 0 aromatic carbocycles. The van der Waals surface area contributed by atoms with Crippen molar-refractivity contribution in [1.29, 1.82) is 0 Å². The summed E-state index contributed by atoms with van der Waals surface area (Å²) in [7, 11) is 0. The maximum absolute atomic E-state index is 11.6. The highest BCUT2D eigenvalue weighted by molar-refractivity contribution is 5.67. The molecule has 0 aliphatic rings. The zero-order valence-electron chi connectivity index (χ0n) is 15.1. The lowest BCUT2D eigenvalue weighted by Gasteiger charge is -2.21. The van der Waals surface area contributed by atoms with E-state index in [1.807, 2.05) is 20.8 Å². The van der Waals surface area contributed by atoms with Crippen molar-refractivity contribution in [1.82, 2.24) is 5.32 Å². The van der Waals surface area contributed by atoms with Crippen LogP contribution >= 0.6 is 0 Å². The second kappa shape index (κ2) is 12.7. The number of hydrogen-bond acceptors (Lipinski definition) is 3. The topological polar surface area (TPSA) is 58.6 Å². The van der Waals surface area contributed by atoms with Crippen LogP contribution < -0.4 is 5.32 Å². The zero-order valence-corrected chi connectivity index (χ0v) is 15.1. The van der Waals surface area contributed by atoms with E-state index in [1.165, 1.54) is 44.9 Å². The van der Waals surface area contributed by atoms with E-state index in [9.17, 15) is 9.90 Å². The Labute approximate surface area is 137 Å². The Bertz CT molecular complexity index is 274. The molecule has 0 aliphatic heterocycles. The molecule has 1 unspecified atom stereocenters. The second-order valence-corrected chi connectivity index (χ2v) is 7.19. The van der Waals surface area contributed by atoms with E-state index in [4.69, 9.17) is 4.74 Å². The van der Waals surface area contributed by atoms with Gasteiger partial charge >= 0.3 is 6.09 Å². The van der Waals surface area contributed by atoms with Crippen LogP contribution in [-0.2, 0) is 4.74 Å². The summed E-state index contributed by atoms with van der Waals surface area (Å²) in [5.41, 5.74) is -0.476. The van der Waals surface area contributed by atoms with Gasteiger partial charge in [-0.2, -0.15) is 0 Å². The first-order valence-electron chi connectivity index (χ1n) is 8.96. The standard InChI is InChI=1S/C18H37NO3/c1-5-6-7-8-9-10-11-12-13-16(15-20)14-19-17(21)22-18(2,3)4/h16,20H,5-15H2,1-4H3,(H,19,21). The van der Waals surface area contributed by atoms with Gasteiger partial charge in [0.05, 0.1) is 0 Å². The minimum Gasteiger partial charge on any atom is -0.444 e. The minimum absolute atomic E-state index is 0.117. The number of rotatable bonds is 12. The quantitative estimate of drug-likeness (QED) is 0.515. The summed E-state index contributed by atoms with van der Waals surface area (Å²) in [4.78, 5) is 11.6. The molecular weight excluding hydrogens is 278 g/mol. The summed E-state index contributed by atoms with van der Waals surface area (Å²) in [5, 5.41) is 12.1. The Morgan fingerprint density at radius 1 is 1.05 bits per heavy atom. The van der Waals surface area contributed by atoms with Gasteiger partial charge in [0.2, 0.25) is 0 Å². The van der Waals surface area contributed by atoms with Crippen LogP contribution in [0.5, 0.6) is 0 Å². The number of aliphatic hydroxyl groups excluding tert-OH is 1. The molecule has 0 saturated heterocycles. The zero-order chi connectivity index (χ0) is 16.8. The molecule has 22 heavy (non-hydrogen) atoms. The van der Waals surface area contributed by atoms with E-state index in [0.29, 0.717) is 6.54 Å². The molecule has 4 nitrogen and oxygen atoms in total. The smallest absolute Gasteiger partial charge is 0.407 e. The molecule has 1 atom stereocenters. The largest absolute Gasteiger partial charge is 0.444 e. The molecule has 132 valence electrons. The van der Waals surface area contributed by atoms with Gasteiger partial charge < -0.3 is 15.2 Å². The fourth-order valence-corrected chi connectivity index (χ4v) is 2.37. The van der Waals surface area contributed by atoms with E-state index in [-0.39, 0.29) is 12.5 Å². The van der Waals surface area contributed by atoms with Crippen LogP contribution in [0.4, 0.5) is 4.79 Å². The van der Waals surface area contributed by atoms with Crippen molar-refractivity contribution in [3.05, 3.63) is 0 Å². The maximum Gasteiger partial charge on any atom is 0.407 e. The first-order chi connectivity index (χ1) is 10.4. The number of ether oxygens (including phenoxy) is 1. The molecule has 0 bridgehead atoms. The Kier molecular flexibility index (Phi) is 12.3. The van der Waals surface area contributed by atoms with Gasteiger partial charge in [-0.3, -0.25) is 0 Å². The minimum atomic E-state index is -0.476. The number of aliphatic hydroxyl groups is 1. The number of unbranched alkanes of at least 4 members (excludes halogenated alkanes) is 7. The Hall–Kier alpha value is -0.770. The van der Waals surface area contributed by atoms with Gasteiger partial charge in [-0.1, -0.05) is 58.3 Å². The molecule has 0 radical (unpaired) electrons. The lowest BCUT2D eigenvalue weighted by atomic mass is 10.0. The van der Waals surface area contributed by atoms with E-state index >= 15 is 0 Å². The summed E-state index contributed by atoms with van der Waals surface area (Å²) in [5.74, 6) is 0.132. The normalized spacial score (nSPS) is 13.0. The molecule has 0 aromatic heterocycles. The SMILES string of the molecule is CCCCCCCCCCC(CO)CNC(=O)OC(C)(C)C. The van der Waals surface area contributed by atoms with Crippen LogP contribution in [0.25, 0.3) is 0 Å². The summed E-state index contributed by atoms with van der Waals surface area (Å²) >= 11 is 0. The van der Waals surface area contributed by atoms with Crippen LogP contribution in [0.15, 0.2) is 0 Å². The summed E-state index contributed by atoms with van der Waals surface area (Å²) < 4.78 is 5.19. The van der Waals surface area contributed by atoms with E-state index < -0.39 is 11.7 Å². The predicted octanol–water partition coefficient (Wildman–Crippen LogP) is 4.65. The molecule has 0 fully saturated rings. The van der Waals surface area contributed by atoms with Crippen molar-refractivity contribution in [2.45, 2.75) is 91.1 Å². The molecular formula is C18H37NO3. The molecule has 1 amide bonds. The molecule has 0 aromatic rings. The number of alkyl carbamates (subject to hydrolysis) is 1. The van der Waals surface area contributed by atoms with Gasteiger partial charge in [-0.05, 0) is 33.1 Å². The lowest BCUT2D eigenvalue weighted by molar-refractivity contribution is 0.0511. The van der Waals surface area contributed by atoms with Gasteiger partial charge in [-0.15, -0.1) is 0 Å². The third-order valence-corrected chi connectivity index (χ3v) is 3.66. The fourth-order valence-electron chi connectivity index (χ4n) is 2.37. The van der Waals surface area contributed by atoms with Crippen molar-refractivity contribution in [3.8, 4) is 0 Å². The molecule has 0 aliphatic carbocycles. The van der Waals surface area contributed by atoms with E-state index in [1.54, 1.807) is 0 Å². The van der Waals surface area contributed by atoms with Gasteiger partial charge in [0, 0.05) is 13.2 Å². The maximum atomic E-state index is 11.6. The van der Waals surface area contributed by atoms with Gasteiger partial charge in [0.1, 0.15) is 5.60 Å². The van der Waals surface area contributed by atoms with Crippen molar-refractivity contribution in [2.24, 2.45) is 5.92 Å². The van der Waals surface area contributed by atoms with Crippen molar-refractivity contribution in [2.75, 3.05) is 13.2 Å². The molecule has 2 N–H and O–H groups in total. The van der Waals surface area contributed by atoms with Crippen molar-refractivity contribution in [3.63, 3.8) is 0 Å². The Balaban J connectivity index is 3.61.